The molecule has 1 N–H and O–H groups in total. The van der Waals surface area contributed by atoms with Crippen LogP contribution in [-0.4, -0.2) is 15.7 Å². The first-order chi connectivity index (χ1) is 6.02. The smallest absolute Gasteiger partial charge is 0.176 e. The molecule has 0 radical (unpaired) electrons. The minimum atomic E-state index is -0.723. The summed E-state index contributed by atoms with van der Waals surface area (Å²) in [7, 11) is 0. The predicted molar refractivity (Wildman–Crippen MR) is 50.8 cm³/mol. The quantitative estimate of drug-likeness (QED) is 0.643. The van der Waals surface area contributed by atoms with E-state index in [4.69, 9.17) is 5.11 Å². The van der Waals surface area contributed by atoms with E-state index in [2.05, 4.69) is 15.9 Å². The Morgan fingerprint density at radius 2 is 2.23 bits per heavy atom. The largest absolute Gasteiger partial charge is 0.505 e. The van der Waals surface area contributed by atoms with Gasteiger partial charge in [-0.2, -0.15) is 0 Å². The Bertz CT molecular complexity index is 336. The third-order valence-electron chi connectivity index (χ3n) is 1.59. The van der Waals surface area contributed by atoms with Crippen LogP contribution in [0.3, 0.4) is 0 Å². The topological polar surface area (TPSA) is 37.3 Å². The molecule has 2 nitrogen and oxygen atoms in total. The Morgan fingerprint density at radius 1 is 1.62 bits per heavy atom. The molecule has 0 aromatic heterocycles. The van der Waals surface area contributed by atoms with Crippen molar-refractivity contribution >= 4 is 21.7 Å². The van der Waals surface area contributed by atoms with Crippen molar-refractivity contribution in [1.82, 2.24) is 0 Å². The van der Waals surface area contributed by atoms with Crippen LogP contribution in [0.2, 0.25) is 0 Å². The van der Waals surface area contributed by atoms with Gasteiger partial charge in [0.1, 0.15) is 0 Å². The van der Waals surface area contributed by atoms with Crippen molar-refractivity contribution in [1.29, 1.82) is 0 Å². The zero-order valence-corrected chi connectivity index (χ0v) is 8.51. The average Bonchev–Trinajstić information content (AvgIpc) is 2.08. The number of alkyl halides is 1. The number of benzene rings is 1. The molecule has 1 atom stereocenters. The number of halogens is 2. The van der Waals surface area contributed by atoms with Gasteiger partial charge in [0.05, 0.1) is 4.83 Å². The molecular formula is C9H8BrFO2. The van der Waals surface area contributed by atoms with E-state index in [1.807, 2.05) is 0 Å². The number of hydrogen-bond donors (Lipinski definition) is 1. The van der Waals surface area contributed by atoms with Crippen LogP contribution in [0.15, 0.2) is 18.2 Å². The maximum Gasteiger partial charge on any atom is 0.176 e. The second-order valence-corrected chi connectivity index (χ2v) is 4.02. The lowest BCUT2D eigenvalue weighted by molar-refractivity contribution is 0.0995. The summed E-state index contributed by atoms with van der Waals surface area (Å²) in [5.41, 5.74) is 0.295. The number of ketones is 1. The van der Waals surface area contributed by atoms with Crippen molar-refractivity contribution in [3.63, 3.8) is 0 Å². The standard InChI is InChI=1S/C9H8BrFO2/c1-5(10)9(13)6-2-3-7(11)8(12)4-6/h2-5,12H,1H3. The molecule has 4 heteroatoms. The molecular weight excluding hydrogens is 239 g/mol. The predicted octanol–water partition coefficient (Wildman–Crippen LogP) is 2.50. The van der Waals surface area contributed by atoms with Crippen LogP contribution >= 0.6 is 15.9 Å². The molecule has 0 fully saturated rings. The number of Topliss-reactive ketones (excluding diaryl/α,β-unsaturated/α-hetero) is 1. The zero-order chi connectivity index (χ0) is 10.0. The molecule has 1 aromatic carbocycles. The fraction of sp³-hybridized carbons (Fsp3) is 0.222. The summed E-state index contributed by atoms with van der Waals surface area (Å²) in [6.45, 7) is 1.67. The summed E-state index contributed by atoms with van der Waals surface area (Å²) in [6.07, 6.45) is 0. The number of phenols is 1. The van der Waals surface area contributed by atoms with Gasteiger partial charge in [0.2, 0.25) is 0 Å². The van der Waals surface area contributed by atoms with Gasteiger partial charge in [0.25, 0.3) is 0 Å². The van der Waals surface area contributed by atoms with Crippen molar-refractivity contribution < 1.29 is 14.3 Å². The number of carbonyl (C=O) groups excluding carboxylic acids is 1. The average molecular weight is 247 g/mol. The summed E-state index contributed by atoms with van der Waals surface area (Å²) >= 11 is 3.09. The lowest BCUT2D eigenvalue weighted by Crippen LogP contribution is -2.09. The van der Waals surface area contributed by atoms with Crippen LogP contribution < -0.4 is 0 Å². The Labute approximate surface area is 83.5 Å². The Morgan fingerprint density at radius 3 is 2.69 bits per heavy atom. The maximum absolute atomic E-state index is 12.6. The van der Waals surface area contributed by atoms with E-state index in [0.29, 0.717) is 5.56 Å². The third kappa shape index (κ3) is 2.28. The van der Waals surface area contributed by atoms with E-state index >= 15 is 0 Å². The highest BCUT2D eigenvalue weighted by Crippen LogP contribution is 2.19. The summed E-state index contributed by atoms with van der Waals surface area (Å²) < 4.78 is 12.6. The Hall–Kier alpha value is -0.900. The van der Waals surface area contributed by atoms with Gasteiger partial charge < -0.3 is 5.11 Å². The SMILES string of the molecule is CC(Br)C(=O)c1ccc(F)c(O)c1. The molecule has 0 aliphatic rings. The van der Waals surface area contributed by atoms with Gasteiger partial charge in [-0.25, -0.2) is 4.39 Å². The van der Waals surface area contributed by atoms with Crippen molar-refractivity contribution in [2.24, 2.45) is 0 Å². The van der Waals surface area contributed by atoms with Crippen molar-refractivity contribution in [3.8, 4) is 5.75 Å². The van der Waals surface area contributed by atoms with Crippen LogP contribution in [0.1, 0.15) is 17.3 Å². The van der Waals surface area contributed by atoms with Crippen LogP contribution in [-0.2, 0) is 0 Å². The number of phenolic OH excluding ortho intramolecular Hbond substituents is 1. The third-order valence-corrected chi connectivity index (χ3v) is 2.01. The fourth-order valence-corrected chi connectivity index (χ4v) is 1.16. The number of aromatic hydroxyl groups is 1. The lowest BCUT2D eigenvalue weighted by Gasteiger charge is -2.03. The maximum atomic E-state index is 12.6. The van der Waals surface area contributed by atoms with Crippen LogP contribution in [0.25, 0.3) is 0 Å². The Kier molecular flexibility index (Phi) is 3.03. The second kappa shape index (κ2) is 3.87. The molecule has 1 rings (SSSR count). The molecule has 0 aliphatic carbocycles. The number of carbonyl (C=O) groups is 1. The molecule has 1 unspecified atom stereocenters. The molecule has 0 saturated heterocycles. The highest BCUT2D eigenvalue weighted by molar-refractivity contribution is 9.10. The van der Waals surface area contributed by atoms with E-state index < -0.39 is 11.6 Å². The van der Waals surface area contributed by atoms with Gasteiger partial charge in [-0.05, 0) is 25.1 Å². The van der Waals surface area contributed by atoms with Crippen molar-refractivity contribution in [2.45, 2.75) is 11.8 Å². The van der Waals surface area contributed by atoms with E-state index in [0.717, 1.165) is 12.1 Å². The molecule has 1 aromatic rings. The zero-order valence-electron chi connectivity index (χ0n) is 6.92. The van der Waals surface area contributed by atoms with E-state index in [1.54, 1.807) is 6.92 Å². The molecule has 70 valence electrons. The highest BCUT2D eigenvalue weighted by Gasteiger charge is 2.13. The van der Waals surface area contributed by atoms with Gasteiger partial charge in [0.15, 0.2) is 17.3 Å². The second-order valence-electron chi connectivity index (χ2n) is 2.65. The summed E-state index contributed by atoms with van der Waals surface area (Å²) in [6, 6.07) is 3.53. The molecule has 0 aliphatic heterocycles. The van der Waals surface area contributed by atoms with Crippen LogP contribution in [0, 0.1) is 5.82 Å². The van der Waals surface area contributed by atoms with E-state index in [9.17, 15) is 9.18 Å². The Balaban J connectivity index is 3.04. The van der Waals surface area contributed by atoms with Crippen LogP contribution in [0.5, 0.6) is 5.75 Å². The number of rotatable bonds is 2. The van der Waals surface area contributed by atoms with Crippen molar-refractivity contribution in [3.05, 3.63) is 29.6 Å². The molecule has 0 bridgehead atoms. The first-order valence-corrected chi connectivity index (χ1v) is 4.60. The monoisotopic (exact) mass is 246 g/mol. The molecule has 0 heterocycles. The normalized spacial score (nSPS) is 12.5. The molecule has 0 spiro atoms. The molecule has 0 saturated carbocycles. The van der Waals surface area contributed by atoms with Gasteiger partial charge in [-0.15, -0.1) is 0 Å². The lowest BCUT2D eigenvalue weighted by atomic mass is 10.1. The van der Waals surface area contributed by atoms with Gasteiger partial charge in [0, 0.05) is 5.56 Å². The van der Waals surface area contributed by atoms with Gasteiger partial charge in [-0.3, -0.25) is 4.79 Å². The number of hydrogen-bond acceptors (Lipinski definition) is 2. The summed E-state index contributed by atoms with van der Waals surface area (Å²) in [4.78, 5) is 11.0. The summed E-state index contributed by atoms with van der Waals surface area (Å²) in [5.74, 6) is -1.41. The fourth-order valence-electron chi connectivity index (χ4n) is 0.896. The molecule has 13 heavy (non-hydrogen) atoms. The minimum Gasteiger partial charge on any atom is -0.505 e. The van der Waals surface area contributed by atoms with E-state index in [1.165, 1.54) is 6.07 Å². The minimum absolute atomic E-state index is 0.185. The first-order valence-electron chi connectivity index (χ1n) is 3.69. The highest BCUT2D eigenvalue weighted by atomic mass is 79.9. The van der Waals surface area contributed by atoms with Gasteiger partial charge >= 0.3 is 0 Å². The van der Waals surface area contributed by atoms with E-state index in [-0.39, 0.29) is 10.6 Å². The van der Waals surface area contributed by atoms with Crippen molar-refractivity contribution in [2.75, 3.05) is 0 Å². The first kappa shape index (κ1) is 10.2. The molecule has 0 amide bonds. The van der Waals surface area contributed by atoms with Gasteiger partial charge in [-0.1, -0.05) is 15.9 Å². The van der Waals surface area contributed by atoms with Crippen LogP contribution in [0.4, 0.5) is 4.39 Å². The summed E-state index contributed by atoms with van der Waals surface area (Å²) in [5, 5.41) is 8.99.